The summed E-state index contributed by atoms with van der Waals surface area (Å²) in [5.41, 5.74) is 2.36. The van der Waals surface area contributed by atoms with Gasteiger partial charge in [0, 0.05) is 12.7 Å². The maximum Gasteiger partial charge on any atom is 0.416 e. The molecule has 0 fully saturated rings. The van der Waals surface area contributed by atoms with Crippen LogP contribution in [0.1, 0.15) is 16.7 Å². The predicted molar refractivity (Wildman–Crippen MR) is 62.2 cm³/mol. The fourth-order valence-electron chi connectivity index (χ4n) is 1.82. The van der Waals surface area contributed by atoms with Gasteiger partial charge in [-0.05, 0) is 17.7 Å². The van der Waals surface area contributed by atoms with Gasteiger partial charge >= 0.3 is 12.4 Å². The van der Waals surface area contributed by atoms with Gasteiger partial charge in [-0.1, -0.05) is 6.07 Å². The Labute approximate surface area is 115 Å². The molecule has 0 aliphatic rings. The van der Waals surface area contributed by atoms with Crippen molar-refractivity contribution in [2.24, 2.45) is 0 Å². The van der Waals surface area contributed by atoms with Crippen LogP contribution in [0.4, 0.5) is 32.2 Å². The lowest BCUT2D eigenvalue weighted by Crippen LogP contribution is -2.14. The number of rotatable bonds is 2. The zero-order valence-electron chi connectivity index (χ0n) is 10.3. The van der Waals surface area contributed by atoms with Gasteiger partial charge in [-0.25, -0.2) is 4.98 Å². The molecule has 0 unspecified atom stereocenters. The molecule has 0 aliphatic carbocycles. The van der Waals surface area contributed by atoms with E-state index in [-0.39, 0.29) is 24.0 Å². The molecule has 1 aromatic carbocycles. The lowest BCUT2D eigenvalue weighted by molar-refractivity contribution is -0.143. The Morgan fingerprint density at radius 2 is 1.71 bits per heavy atom. The van der Waals surface area contributed by atoms with Crippen molar-refractivity contribution in [3.63, 3.8) is 0 Å². The number of alkyl halides is 6. The van der Waals surface area contributed by atoms with E-state index in [1.54, 1.807) is 0 Å². The molecule has 2 N–H and O–H groups in total. The summed E-state index contributed by atoms with van der Waals surface area (Å²) in [6.07, 6.45) is -7.23. The van der Waals surface area contributed by atoms with Crippen LogP contribution in [0.25, 0.3) is 0 Å². The summed E-state index contributed by atoms with van der Waals surface area (Å²) < 4.78 is 77.5. The Balaban J connectivity index is 2.45. The lowest BCUT2D eigenvalue weighted by Gasteiger charge is -2.16. The van der Waals surface area contributed by atoms with Crippen molar-refractivity contribution < 1.29 is 26.3 Å². The SMILES string of the molecule is Nc1cn(Cc2ccc(C(F)(F)F)cc2C(F)(F)F)cn1. The Kier molecular flexibility index (Phi) is 3.60. The van der Waals surface area contributed by atoms with Gasteiger partial charge in [-0.3, -0.25) is 0 Å². The van der Waals surface area contributed by atoms with Crippen LogP contribution in [0.3, 0.4) is 0 Å². The van der Waals surface area contributed by atoms with Gasteiger partial charge in [-0.2, -0.15) is 26.3 Å². The molecule has 0 radical (unpaired) electrons. The molecule has 9 heteroatoms. The molecule has 0 atom stereocenters. The first-order chi connectivity index (χ1) is 9.57. The minimum atomic E-state index is -4.89. The van der Waals surface area contributed by atoms with Crippen LogP contribution in [0.15, 0.2) is 30.7 Å². The molecule has 2 aromatic rings. The average Bonchev–Trinajstić information content (AvgIpc) is 2.72. The molecule has 0 spiro atoms. The summed E-state index contributed by atoms with van der Waals surface area (Å²) in [5, 5.41) is 0. The minimum absolute atomic E-state index is 0.107. The quantitative estimate of drug-likeness (QED) is 0.862. The second kappa shape index (κ2) is 4.97. The monoisotopic (exact) mass is 309 g/mol. The van der Waals surface area contributed by atoms with Gasteiger partial charge in [-0.15, -0.1) is 0 Å². The second-order valence-corrected chi connectivity index (χ2v) is 4.34. The van der Waals surface area contributed by atoms with Crippen molar-refractivity contribution in [3.8, 4) is 0 Å². The van der Waals surface area contributed by atoms with E-state index in [1.165, 1.54) is 17.1 Å². The molecule has 3 nitrogen and oxygen atoms in total. The first-order valence-electron chi connectivity index (χ1n) is 5.62. The van der Waals surface area contributed by atoms with Crippen LogP contribution in [0, 0.1) is 0 Å². The maximum absolute atomic E-state index is 12.9. The standard InChI is InChI=1S/C12H9F6N3/c13-11(14,15)8-2-1-7(9(3-8)12(16,17)18)4-21-5-10(19)20-6-21/h1-3,5-6H,4,19H2. The van der Waals surface area contributed by atoms with Crippen molar-refractivity contribution in [2.75, 3.05) is 5.73 Å². The highest BCUT2D eigenvalue weighted by Gasteiger charge is 2.38. The Bertz CT molecular complexity index is 641. The molecular formula is C12H9F6N3. The van der Waals surface area contributed by atoms with Crippen LogP contribution in [-0.2, 0) is 18.9 Å². The van der Waals surface area contributed by atoms with E-state index >= 15 is 0 Å². The zero-order chi connectivity index (χ0) is 15.8. The third-order valence-electron chi connectivity index (χ3n) is 2.75. The second-order valence-electron chi connectivity index (χ2n) is 4.34. The summed E-state index contributed by atoms with van der Waals surface area (Å²) in [5.74, 6) is 0.107. The van der Waals surface area contributed by atoms with Gasteiger partial charge in [0.25, 0.3) is 0 Å². The number of nitrogens with zero attached hydrogens (tertiary/aromatic N) is 2. The predicted octanol–water partition coefficient (Wildman–Crippen LogP) is 3.55. The number of hydrogen-bond donors (Lipinski definition) is 1. The first kappa shape index (κ1) is 15.2. The molecule has 0 aliphatic heterocycles. The summed E-state index contributed by atoms with van der Waals surface area (Å²) >= 11 is 0. The van der Waals surface area contributed by atoms with E-state index < -0.39 is 23.5 Å². The van der Waals surface area contributed by atoms with E-state index in [1.807, 2.05) is 0 Å². The van der Waals surface area contributed by atoms with Gasteiger partial charge in [0.2, 0.25) is 0 Å². The Morgan fingerprint density at radius 3 is 2.19 bits per heavy atom. The Morgan fingerprint density at radius 1 is 1.05 bits per heavy atom. The van der Waals surface area contributed by atoms with Gasteiger partial charge in [0.15, 0.2) is 0 Å². The van der Waals surface area contributed by atoms with Crippen LogP contribution < -0.4 is 5.73 Å². The normalized spacial score (nSPS) is 12.7. The fourth-order valence-corrected chi connectivity index (χ4v) is 1.82. The average molecular weight is 309 g/mol. The largest absolute Gasteiger partial charge is 0.416 e. The first-order valence-corrected chi connectivity index (χ1v) is 5.62. The van der Waals surface area contributed by atoms with E-state index in [2.05, 4.69) is 4.98 Å². The molecular weight excluding hydrogens is 300 g/mol. The van der Waals surface area contributed by atoms with Crippen molar-refractivity contribution in [3.05, 3.63) is 47.4 Å². The van der Waals surface area contributed by atoms with Gasteiger partial charge in [0.1, 0.15) is 5.82 Å². The van der Waals surface area contributed by atoms with Gasteiger partial charge in [0.05, 0.1) is 17.5 Å². The summed E-state index contributed by atoms with van der Waals surface area (Å²) in [6.45, 7) is -0.281. The van der Waals surface area contributed by atoms with Crippen molar-refractivity contribution in [2.45, 2.75) is 18.9 Å². The Hall–Kier alpha value is -2.19. The lowest BCUT2D eigenvalue weighted by atomic mass is 10.0. The number of hydrogen-bond acceptors (Lipinski definition) is 2. The van der Waals surface area contributed by atoms with Crippen molar-refractivity contribution >= 4 is 5.82 Å². The summed E-state index contributed by atoms with van der Waals surface area (Å²) in [6, 6.07) is 1.53. The molecule has 1 aromatic heterocycles. The highest BCUT2D eigenvalue weighted by molar-refractivity contribution is 5.36. The number of imidazole rings is 1. The van der Waals surface area contributed by atoms with Crippen molar-refractivity contribution in [1.29, 1.82) is 0 Å². The van der Waals surface area contributed by atoms with Crippen LogP contribution in [0.2, 0.25) is 0 Å². The maximum atomic E-state index is 12.9. The van der Waals surface area contributed by atoms with Gasteiger partial charge < -0.3 is 10.3 Å². The highest BCUT2D eigenvalue weighted by Crippen LogP contribution is 2.37. The topological polar surface area (TPSA) is 43.8 Å². The van der Waals surface area contributed by atoms with Crippen LogP contribution in [0.5, 0.6) is 0 Å². The third kappa shape index (κ3) is 3.47. The van der Waals surface area contributed by atoms with E-state index in [0.717, 1.165) is 6.07 Å². The molecule has 114 valence electrons. The third-order valence-corrected chi connectivity index (χ3v) is 2.75. The van der Waals surface area contributed by atoms with Crippen LogP contribution in [-0.4, -0.2) is 9.55 Å². The number of nitrogen functional groups attached to an aromatic ring is 1. The summed E-state index contributed by atoms with van der Waals surface area (Å²) in [7, 11) is 0. The van der Waals surface area contributed by atoms with E-state index in [0.29, 0.717) is 6.07 Å². The number of halogens is 6. The highest BCUT2D eigenvalue weighted by atomic mass is 19.4. The number of aromatic nitrogens is 2. The molecule has 21 heavy (non-hydrogen) atoms. The molecule has 1 heterocycles. The fraction of sp³-hybridized carbons (Fsp3) is 0.250. The smallest absolute Gasteiger partial charge is 0.382 e. The molecule has 0 bridgehead atoms. The number of nitrogens with two attached hydrogens (primary N) is 1. The molecule has 2 rings (SSSR count). The van der Waals surface area contributed by atoms with E-state index in [4.69, 9.17) is 5.73 Å². The van der Waals surface area contributed by atoms with E-state index in [9.17, 15) is 26.3 Å². The minimum Gasteiger partial charge on any atom is -0.382 e. The van der Waals surface area contributed by atoms with Crippen LogP contribution >= 0.6 is 0 Å². The number of benzene rings is 1. The summed E-state index contributed by atoms with van der Waals surface area (Å²) in [4.78, 5) is 3.64. The molecule has 0 saturated carbocycles. The van der Waals surface area contributed by atoms with Crippen molar-refractivity contribution in [1.82, 2.24) is 9.55 Å². The zero-order valence-corrected chi connectivity index (χ0v) is 10.3. The molecule has 0 amide bonds. The number of anilines is 1. The molecule has 0 saturated heterocycles.